The Bertz CT molecular complexity index is 150. The van der Waals surface area contributed by atoms with Gasteiger partial charge in [0, 0.05) is 11.9 Å². The van der Waals surface area contributed by atoms with Crippen molar-refractivity contribution in [1.29, 1.82) is 0 Å². The molecule has 0 aromatic carbocycles. The number of hydrogen-bond donors (Lipinski definition) is 1. The van der Waals surface area contributed by atoms with E-state index in [1.807, 2.05) is 6.92 Å². The summed E-state index contributed by atoms with van der Waals surface area (Å²) in [4.78, 5) is 0. The summed E-state index contributed by atoms with van der Waals surface area (Å²) in [6.45, 7) is 1.87. The first-order valence-corrected chi connectivity index (χ1v) is 1.97. The predicted octanol–water partition coefficient (Wildman–Crippen LogP) is 0.106. The topological polar surface area (TPSA) is 36.8 Å². The summed E-state index contributed by atoms with van der Waals surface area (Å²) in [5, 5.41) is 7.20. The fourth-order valence-electron chi connectivity index (χ4n) is 0.291. The average molecular weight is 95.1 g/mol. The molecule has 36 valence electrons. The van der Waals surface area contributed by atoms with E-state index < -0.39 is 0 Å². The number of allylic oxidation sites excluding steroid dienone is 1. The standard InChI is InChI=1S/C4H5N3/c1-4-2-3-5-7-6-4/h2,7H,1H3. The largest absolute Gasteiger partial charge is 0.190 e. The normalized spacial score (nSPS) is 15.9. The van der Waals surface area contributed by atoms with Gasteiger partial charge in [0.2, 0.25) is 0 Å². The molecule has 0 saturated carbocycles. The first kappa shape index (κ1) is 4.09. The predicted molar refractivity (Wildman–Crippen MR) is 28.2 cm³/mol. The van der Waals surface area contributed by atoms with Crippen LogP contribution in [-0.4, -0.2) is 11.6 Å². The monoisotopic (exact) mass is 95.0 g/mol. The number of hydrogen-bond acceptors (Lipinski definition) is 3. The highest BCUT2D eigenvalue weighted by Gasteiger charge is 1.81. The van der Waals surface area contributed by atoms with E-state index in [4.69, 9.17) is 0 Å². The summed E-state index contributed by atoms with van der Waals surface area (Å²) in [6, 6.07) is 0. The van der Waals surface area contributed by atoms with Crippen LogP contribution in [0.5, 0.6) is 0 Å². The molecule has 0 aliphatic carbocycles. The Kier molecular flexibility index (Phi) is 0.922. The van der Waals surface area contributed by atoms with E-state index in [2.05, 4.69) is 21.6 Å². The van der Waals surface area contributed by atoms with Crippen molar-refractivity contribution in [3.05, 3.63) is 6.08 Å². The maximum atomic E-state index is 3.71. The zero-order valence-corrected chi connectivity index (χ0v) is 3.97. The summed E-state index contributed by atoms with van der Waals surface area (Å²) in [5.41, 5.74) is 3.30. The Hall–Kier alpha value is -1.08. The first-order valence-electron chi connectivity index (χ1n) is 1.97. The number of rotatable bonds is 0. The number of nitrogens with zero attached hydrogens (tertiary/aromatic N) is 2. The van der Waals surface area contributed by atoms with Crippen molar-refractivity contribution in [3.8, 4) is 0 Å². The van der Waals surface area contributed by atoms with Crippen molar-refractivity contribution < 1.29 is 0 Å². The van der Waals surface area contributed by atoms with Crippen LogP contribution in [0.1, 0.15) is 6.92 Å². The molecule has 0 amide bonds. The molecule has 0 radical (unpaired) electrons. The van der Waals surface area contributed by atoms with E-state index >= 15 is 0 Å². The minimum Gasteiger partial charge on any atom is -0.190 e. The molecular formula is C4H5N3. The summed E-state index contributed by atoms with van der Waals surface area (Å²) < 4.78 is 0. The highest BCUT2D eigenvalue weighted by atomic mass is 15.5. The van der Waals surface area contributed by atoms with Crippen LogP contribution in [0.15, 0.2) is 16.3 Å². The second-order valence-electron chi connectivity index (χ2n) is 1.24. The first-order chi connectivity index (χ1) is 3.39. The van der Waals surface area contributed by atoms with Gasteiger partial charge >= 0.3 is 0 Å². The van der Waals surface area contributed by atoms with Crippen molar-refractivity contribution in [3.63, 3.8) is 0 Å². The lowest BCUT2D eigenvalue weighted by atomic mass is 10.4. The Morgan fingerprint density at radius 2 is 2.71 bits per heavy atom. The van der Waals surface area contributed by atoms with Crippen LogP contribution in [0.3, 0.4) is 0 Å². The Morgan fingerprint density at radius 1 is 1.86 bits per heavy atom. The van der Waals surface area contributed by atoms with E-state index in [1.165, 1.54) is 0 Å². The van der Waals surface area contributed by atoms with E-state index in [0.717, 1.165) is 5.71 Å². The molecule has 0 atom stereocenters. The molecule has 3 nitrogen and oxygen atoms in total. The molecular weight excluding hydrogens is 90.1 g/mol. The van der Waals surface area contributed by atoms with Crippen molar-refractivity contribution in [2.24, 2.45) is 10.2 Å². The van der Waals surface area contributed by atoms with Gasteiger partial charge in [0.25, 0.3) is 0 Å². The molecule has 1 aliphatic heterocycles. The van der Waals surface area contributed by atoms with Crippen LogP contribution in [-0.2, 0) is 0 Å². The molecule has 1 N–H and O–H groups in total. The molecule has 0 unspecified atom stereocenters. The molecule has 0 fully saturated rings. The Morgan fingerprint density at radius 3 is 3.00 bits per heavy atom. The third kappa shape index (κ3) is 0.876. The highest BCUT2D eigenvalue weighted by molar-refractivity contribution is 5.99. The van der Waals surface area contributed by atoms with Crippen molar-refractivity contribution in [2.75, 3.05) is 0 Å². The minimum absolute atomic E-state index is 0.898. The molecule has 0 spiro atoms. The van der Waals surface area contributed by atoms with Crippen molar-refractivity contribution in [1.82, 2.24) is 5.53 Å². The van der Waals surface area contributed by atoms with Gasteiger partial charge in [-0.15, -0.1) is 5.10 Å². The molecule has 0 bridgehead atoms. The summed E-state index contributed by atoms with van der Waals surface area (Å²) in [6.07, 6.45) is 1.70. The van der Waals surface area contributed by atoms with Crippen LogP contribution in [0.4, 0.5) is 0 Å². The van der Waals surface area contributed by atoms with Gasteiger partial charge in [0.15, 0.2) is 0 Å². The lowest BCUT2D eigenvalue weighted by Gasteiger charge is -1.91. The third-order valence-corrected chi connectivity index (χ3v) is 0.614. The molecule has 0 aromatic heterocycles. The fourth-order valence-corrected chi connectivity index (χ4v) is 0.291. The Labute approximate surface area is 41.4 Å². The smallest absolute Gasteiger partial charge is 0.0686 e. The summed E-state index contributed by atoms with van der Waals surface area (Å²) >= 11 is 0. The van der Waals surface area contributed by atoms with Gasteiger partial charge in [-0.2, -0.15) is 10.6 Å². The molecule has 1 rings (SSSR count). The second kappa shape index (κ2) is 1.58. The molecule has 3 heteroatoms. The number of nitrogens with one attached hydrogen (secondary N) is 1. The lowest BCUT2D eigenvalue weighted by Crippen LogP contribution is -2.02. The van der Waals surface area contributed by atoms with Crippen LogP contribution < -0.4 is 5.53 Å². The van der Waals surface area contributed by atoms with Gasteiger partial charge in [-0.25, -0.2) is 0 Å². The van der Waals surface area contributed by atoms with Crippen LogP contribution in [0, 0.1) is 0 Å². The van der Waals surface area contributed by atoms with Gasteiger partial charge in [-0.05, 0) is 6.92 Å². The SMILES string of the molecule is CC1=NNN=C=C1. The third-order valence-electron chi connectivity index (χ3n) is 0.614. The van der Waals surface area contributed by atoms with Gasteiger partial charge in [0.1, 0.15) is 0 Å². The van der Waals surface area contributed by atoms with Crippen LogP contribution in [0.2, 0.25) is 0 Å². The van der Waals surface area contributed by atoms with E-state index in [9.17, 15) is 0 Å². The highest BCUT2D eigenvalue weighted by Crippen LogP contribution is 1.76. The molecule has 0 saturated heterocycles. The van der Waals surface area contributed by atoms with E-state index in [-0.39, 0.29) is 0 Å². The van der Waals surface area contributed by atoms with Gasteiger partial charge in [-0.1, -0.05) is 0 Å². The quantitative estimate of drug-likeness (QED) is 0.455. The molecule has 7 heavy (non-hydrogen) atoms. The van der Waals surface area contributed by atoms with Gasteiger partial charge in [0.05, 0.1) is 5.71 Å². The molecule has 1 heterocycles. The number of hydrazone groups is 2. The summed E-state index contributed by atoms with van der Waals surface area (Å²) in [5.74, 6) is 2.59. The average Bonchev–Trinajstić information content (AvgIpc) is 1.69. The van der Waals surface area contributed by atoms with Crippen molar-refractivity contribution >= 4 is 11.6 Å². The minimum atomic E-state index is 0.898. The van der Waals surface area contributed by atoms with Crippen LogP contribution >= 0.6 is 0 Å². The van der Waals surface area contributed by atoms with Gasteiger partial charge in [-0.3, -0.25) is 0 Å². The second-order valence-corrected chi connectivity index (χ2v) is 1.24. The Balaban J connectivity index is 2.82. The zero-order chi connectivity index (χ0) is 5.11. The van der Waals surface area contributed by atoms with E-state index in [0.29, 0.717) is 0 Å². The zero-order valence-electron chi connectivity index (χ0n) is 3.97. The summed E-state index contributed by atoms with van der Waals surface area (Å²) in [7, 11) is 0. The van der Waals surface area contributed by atoms with Crippen molar-refractivity contribution in [2.45, 2.75) is 6.92 Å². The lowest BCUT2D eigenvalue weighted by molar-refractivity contribution is 0.811. The van der Waals surface area contributed by atoms with Gasteiger partial charge < -0.3 is 0 Å². The molecule has 1 aliphatic rings. The maximum absolute atomic E-state index is 3.71. The molecule has 0 aromatic rings. The van der Waals surface area contributed by atoms with E-state index in [1.54, 1.807) is 6.08 Å². The fraction of sp³-hybridized carbons (Fsp3) is 0.250. The maximum Gasteiger partial charge on any atom is 0.0686 e. The van der Waals surface area contributed by atoms with Crippen LogP contribution in [0.25, 0.3) is 0 Å².